The van der Waals surface area contributed by atoms with E-state index in [1.165, 1.54) is 13.3 Å². The van der Waals surface area contributed by atoms with Crippen LogP contribution in [0.15, 0.2) is 17.4 Å². The second-order valence-corrected chi connectivity index (χ2v) is 7.07. The van der Waals surface area contributed by atoms with Crippen molar-refractivity contribution in [2.24, 2.45) is 5.41 Å². The Morgan fingerprint density at radius 1 is 1.43 bits per heavy atom. The van der Waals surface area contributed by atoms with Crippen molar-refractivity contribution >= 4 is 15.8 Å². The number of methoxy groups -OCH3 is 1. The lowest BCUT2D eigenvalue weighted by Crippen LogP contribution is -2.40. The fraction of sp³-hybridized carbons (Fsp3) is 0.615. The number of carbonyl (C=O) groups excluding carboxylic acids is 1. The molecule has 0 aliphatic carbocycles. The summed E-state index contributed by atoms with van der Waals surface area (Å²) in [6, 6.07) is 1.62. The molecule has 1 aliphatic heterocycles. The Labute approximate surface area is 123 Å². The molecule has 0 spiro atoms. The highest BCUT2D eigenvalue weighted by Gasteiger charge is 2.41. The molecule has 0 unspecified atom stereocenters. The summed E-state index contributed by atoms with van der Waals surface area (Å²) < 4.78 is 33.2. The van der Waals surface area contributed by atoms with Crippen LogP contribution in [-0.4, -0.2) is 50.9 Å². The molecule has 0 bridgehead atoms. The van der Waals surface area contributed by atoms with Crippen LogP contribution in [0.2, 0.25) is 0 Å². The van der Waals surface area contributed by atoms with E-state index < -0.39 is 15.3 Å². The zero-order chi connectivity index (χ0) is 15.5. The molecule has 0 aromatic carbocycles. The standard InChI is InChI=1S/C13H18N2O5S/c1-19-11(16)13(4-7-20-8-5-13)9-10-3-6-14-12(15-10)21(2,17)18/h3,6H,4-5,7-9H2,1-2H3. The largest absolute Gasteiger partial charge is 0.469 e. The van der Waals surface area contributed by atoms with Crippen molar-refractivity contribution in [2.45, 2.75) is 24.4 Å². The van der Waals surface area contributed by atoms with E-state index in [0.717, 1.165) is 6.26 Å². The van der Waals surface area contributed by atoms with E-state index in [1.807, 2.05) is 0 Å². The number of rotatable bonds is 4. The van der Waals surface area contributed by atoms with E-state index in [-0.39, 0.29) is 11.1 Å². The van der Waals surface area contributed by atoms with Gasteiger partial charge < -0.3 is 9.47 Å². The highest BCUT2D eigenvalue weighted by Crippen LogP contribution is 2.35. The third-order valence-corrected chi connectivity index (χ3v) is 4.47. The van der Waals surface area contributed by atoms with Gasteiger partial charge in [0.15, 0.2) is 0 Å². The smallest absolute Gasteiger partial charge is 0.312 e. The predicted molar refractivity (Wildman–Crippen MR) is 73.3 cm³/mol. The summed E-state index contributed by atoms with van der Waals surface area (Å²) in [5.74, 6) is -0.315. The third-order valence-electron chi connectivity index (χ3n) is 3.61. The van der Waals surface area contributed by atoms with Crippen molar-refractivity contribution in [1.82, 2.24) is 9.97 Å². The van der Waals surface area contributed by atoms with E-state index in [0.29, 0.717) is 38.2 Å². The zero-order valence-corrected chi connectivity index (χ0v) is 12.9. The monoisotopic (exact) mass is 314 g/mol. The molecule has 1 aromatic rings. The van der Waals surface area contributed by atoms with Crippen molar-refractivity contribution in [3.05, 3.63) is 18.0 Å². The Kier molecular flexibility index (Phi) is 4.58. The van der Waals surface area contributed by atoms with Gasteiger partial charge in [-0.15, -0.1) is 0 Å². The van der Waals surface area contributed by atoms with Gasteiger partial charge in [0.2, 0.25) is 15.0 Å². The quantitative estimate of drug-likeness (QED) is 0.586. The van der Waals surface area contributed by atoms with Crippen LogP contribution in [0.25, 0.3) is 0 Å². The molecule has 116 valence electrons. The van der Waals surface area contributed by atoms with Gasteiger partial charge in [0.05, 0.1) is 12.5 Å². The predicted octanol–water partition coefficient (Wildman–Crippen LogP) is 0.392. The Balaban J connectivity index is 2.31. The van der Waals surface area contributed by atoms with Gasteiger partial charge in [-0.25, -0.2) is 18.4 Å². The molecule has 1 fully saturated rings. The Hall–Kier alpha value is -1.54. The van der Waals surface area contributed by atoms with Crippen molar-refractivity contribution < 1.29 is 22.7 Å². The van der Waals surface area contributed by atoms with Crippen LogP contribution in [0.1, 0.15) is 18.5 Å². The first-order valence-corrected chi connectivity index (χ1v) is 8.45. The lowest BCUT2D eigenvalue weighted by molar-refractivity contribution is -0.158. The van der Waals surface area contributed by atoms with Crippen LogP contribution in [-0.2, 0) is 30.5 Å². The molecule has 21 heavy (non-hydrogen) atoms. The summed E-state index contributed by atoms with van der Waals surface area (Å²) in [5, 5.41) is -0.230. The molecular formula is C13H18N2O5S. The Morgan fingerprint density at radius 2 is 2.10 bits per heavy atom. The number of hydrogen-bond donors (Lipinski definition) is 0. The molecule has 1 aliphatic rings. The maximum Gasteiger partial charge on any atom is 0.312 e. The molecule has 7 nitrogen and oxygen atoms in total. The van der Waals surface area contributed by atoms with Gasteiger partial charge in [0.1, 0.15) is 0 Å². The van der Waals surface area contributed by atoms with E-state index >= 15 is 0 Å². The average molecular weight is 314 g/mol. The highest BCUT2D eigenvalue weighted by atomic mass is 32.2. The topological polar surface area (TPSA) is 95.5 Å². The summed E-state index contributed by atoms with van der Waals surface area (Å²) in [7, 11) is -2.13. The van der Waals surface area contributed by atoms with Crippen molar-refractivity contribution in [3.8, 4) is 0 Å². The molecule has 0 radical (unpaired) electrons. The maximum absolute atomic E-state index is 12.1. The van der Waals surface area contributed by atoms with Gasteiger partial charge >= 0.3 is 5.97 Å². The fourth-order valence-electron chi connectivity index (χ4n) is 2.43. The van der Waals surface area contributed by atoms with Gasteiger partial charge in [-0.2, -0.15) is 0 Å². The van der Waals surface area contributed by atoms with Crippen LogP contribution in [0.3, 0.4) is 0 Å². The summed E-state index contributed by atoms with van der Waals surface area (Å²) in [4.78, 5) is 19.9. The number of sulfone groups is 1. The second-order valence-electron chi connectivity index (χ2n) is 5.16. The first-order chi connectivity index (χ1) is 9.87. The second kappa shape index (κ2) is 6.07. The summed E-state index contributed by atoms with van der Waals surface area (Å²) >= 11 is 0. The summed E-state index contributed by atoms with van der Waals surface area (Å²) in [5.41, 5.74) is -0.200. The fourth-order valence-corrected chi connectivity index (χ4v) is 2.97. The molecule has 2 rings (SSSR count). The van der Waals surface area contributed by atoms with E-state index in [9.17, 15) is 13.2 Å². The minimum Gasteiger partial charge on any atom is -0.469 e. The van der Waals surface area contributed by atoms with Crippen molar-refractivity contribution in [1.29, 1.82) is 0 Å². The molecule has 0 amide bonds. The van der Waals surface area contributed by atoms with Gasteiger partial charge in [-0.3, -0.25) is 4.79 Å². The zero-order valence-electron chi connectivity index (χ0n) is 12.0. The third kappa shape index (κ3) is 3.56. The van der Waals surface area contributed by atoms with Crippen molar-refractivity contribution in [2.75, 3.05) is 26.6 Å². The van der Waals surface area contributed by atoms with Crippen LogP contribution in [0, 0.1) is 5.41 Å². The number of nitrogens with zero attached hydrogens (tertiary/aromatic N) is 2. The van der Waals surface area contributed by atoms with Gasteiger partial charge in [-0.1, -0.05) is 0 Å². The first-order valence-electron chi connectivity index (χ1n) is 6.55. The molecule has 8 heteroatoms. The van der Waals surface area contributed by atoms with Crippen LogP contribution in [0.4, 0.5) is 0 Å². The average Bonchev–Trinajstić information content (AvgIpc) is 2.46. The first kappa shape index (κ1) is 15.8. The van der Waals surface area contributed by atoms with Gasteiger partial charge in [-0.05, 0) is 18.9 Å². The number of esters is 1. The molecule has 1 saturated heterocycles. The van der Waals surface area contributed by atoms with E-state index in [2.05, 4.69) is 9.97 Å². The minimum atomic E-state index is -3.47. The normalized spacial score (nSPS) is 18.2. The Bertz CT molecular complexity index is 623. The van der Waals surface area contributed by atoms with Crippen LogP contribution in [0.5, 0.6) is 0 Å². The lowest BCUT2D eigenvalue weighted by Gasteiger charge is -2.34. The van der Waals surface area contributed by atoms with E-state index in [1.54, 1.807) is 6.07 Å². The van der Waals surface area contributed by atoms with Crippen LogP contribution < -0.4 is 0 Å². The maximum atomic E-state index is 12.1. The molecule has 0 N–H and O–H groups in total. The SMILES string of the molecule is COC(=O)C1(Cc2ccnc(S(C)(=O)=O)n2)CCOCC1. The highest BCUT2D eigenvalue weighted by molar-refractivity contribution is 7.90. The van der Waals surface area contributed by atoms with E-state index in [4.69, 9.17) is 9.47 Å². The van der Waals surface area contributed by atoms with Crippen LogP contribution >= 0.6 is 0 Å². The van der Waals surface area contributed by atoms with Gasteiger partial charge in [0.25, 0.3) is 0 Å². The summed E-state index contributed by atoms with van der Waals surface area (Å²) in [6.45, 7) is 0.943. The lowest BCUT2D eigenvalue weighted by atomic mass is 9.76. The molecular weight excluding hydrogens is 296 g/mol. The molecule has 1 aromatic heterocycles. The number of ether oxygens (including phenoxy) is 2. The molecule has 0 atom stereocenters. The Morgan fingerprint density at radius 3 is 2.67 bits per heavy atom. The van der Waals surface area contributed by atoms with Crippen molar-refractivity contribution in [3.63, 3.8) is 0 Å². The molecule has 2 heterocycles. The number of hydrogen-bond acceptors (Lipinski definition) is 7. The number of carbonyl (C=O) groups is 1. The molecule has 0 saturated carbocycles. The number of aromatic nitrogens is 2. The summed E-state index contributed by atoms with van der Waals surface area (Å²) in [6.07, 6.45) is 3.81. The minimum absolute atomic E-state index is 0.230. The van der Waals surface area contributed by atoms with Gasteiger partial charge in [0, 0.05) is 37.8 Å².